The van der Waals surface area contributed by atoms with Crippen LogP contribution in [-0.4, -0.2) is 30.9 Å². The standard InChI is InChI=1S/C32H26Br2N2O5S/c1-4-14-41-29-23(33)15-19(16-24(29)34)17-25-30(37)36-28(21-12-9-13-22(18-21)39-3)26(31(38)40-5-2)27(35-32(36)42-25)20-10-7-6-8-11-20/h4,6-13,15-18,28H,1,5,14H2,2-3H3/b25-17-/t28-/m0/s1. The van der Waals surface area contributed by atoms with Gasteiger partial charge in [-0.15, -0.1) is 0 Å². The number of rotatable bonds is 9. The van der Waals surface area contributed by atoms with E-state index in [1.807, 2.05) is 66.7 Å². The highest BCUT2D eigenvalue weighted by Gasteiger charge is 2.35. The Morgan fingerprint density at radius 2 is 1.83 bits per heavy atom. The minimum atomic E-state index is -0.791. The van der Waals surface area contributed by atoms with E-state index >= 15 is 0 Å². The number of hydrogen-bond donors (Lipinski definition) is 0. The average Bonchev–Trinajstić information content (AvgIpc) is 3.30. The van der Waals surface area contributed by atoms with Crippen molar-refractivity contribution in [1.29, 1.82) is 0 Å². The summed E-state index contributed by atoms with van der Waals surface area (Å²) in [6.07, 6.45) is 3.47. The van der Waals surface area contributed by atoms with Crippen LogP contribution in [0.3, 0.4) is 0 Å². The molecule has 0 N–H and O–H groups in total. The number of hydrogen-bond acceptors (Lipinski definition) is 7. The van der Waals surface area contributed by atoms with Crippen LogP contribution in [0.25, 0.3) is 11.8 Å². The van der Waals surface area contributed by atoms with E-state index in [1.54, 1.807) is 30.8 Å². The third-order valence-electron chi connectivity index (χ3n) is 6.45. The van der Waals surface area contributed by atoms with Crippen LogP contribution in [0.5, 0.6) is 11.5 Å². The van der Waals surface area contributed by atoms with Gasteiger partial charge in [0.1, 0.15) is 18.1 Å². The number of fused-ring (bicyclic) bond motifs is 1. The minimum Gasteiger partial charge on any atom is -0.497 e. The van der Waals surface area contributed by atoms with Gasteiger partial charge in [0.15, 0.2) is 4.80 Å². The predicted molar refractivity (Wildman–Crippen MR) is 172 cm³/mol. The topological polar surface area (TPSA) is 79.1 Å². The number of carbonyl (C=O) groups excluding carboxylic acids is 1. The summed E-state index contributed by atoms with van der Waals surface area (Å²) >= 11 is 8.39. The molecule has 0 radical (unpaired) electrons. The molecule has 2 heterocycles. The monoisotopic (exact) mass is 708 g/mol. The van der Waals surface area contributed by atoms with E-state index in [1.165, 1.54) is 11.3 Å². The number of esters is 1. The van der Waals surface area contributed by atoms with Crippen molar-refractivity contribution in [1.82, 2.24) is 4.57 Å². The lowest BCUT2D eigenvalue weighted by atomic mass is 9.93. The average molecular weight is 710 g/mol. The smallest absolute Gasteiger partial charge is 0.338 e. The summed E-state index contributed by atoms with van der Waals surface area (Å²) in [4.78, 5) is 33.1. The molecule has 5 rings (SSSR count). The molecule has 1 aliphatic heterocycles. The first kappa shape index (κ1) is 29.8. The van der Waals surface area contributed by atoms with Crippen molar-refractivity contribution in [3.63, 3.8) is 0 Å². The number of benzene rings is 3. The Morgan fingerprint density at radius 1 is 1.10 bits per heavy atom. The predicted octanol–water partition coefficient (Wildman–Crippen LogP) is 6.03. The second kappa shape index (κ2) is 13.1. The zero-order valence-corrected chi connectivity index (χ0v) is 26.8. The van der Waals surface area contributed by atoms with Gasteiger partial charge in [0.05, 0.1) is 44.5 Å². The molecular formula is C32H26Br2N2O5S. The first-order chi connectivity index (χ1) is 20.4. The Kier molecular flexibility index (Phi) is 9.25. The van der Waals surface area contributed by atoms with E-state index in [0.29, 0.717) is 38.7 Å². The molecule has 1 aliphatic rings. The van der Waals surface area contributed by atoms with E-state index in [4.69, 9.17) is 19.2 Å². The van der Waals surface area contributed by atoms with Crippen molar-refractivity contribution in [2.75, 3.05) is 20.3 Å². The maximum Gasteiger partial charge on any atom is 0.338 e. The Hall–Kier alpha value is -3.73. The van der Waals surface area contributed by atoms with Crippen molar-refractivity contribution < 1.29 is 19.0 Å². The molecule has 0 spiro atoms. The normalized spacial score (nSPS) is 14.7. The summed E-state index contributed by atoms with van der Waals surface area (Å²) in [6, 6.07) is 19.7. The van der Waals surface area contributed by atoms with Crippen molar-refractivity contribution in [3.05, 3.63) is 130 Å². The Labute approximate surface area is 263 Å². The fourth-order valence-electron chi connectivity index (χ4n) is 4.66. The lowest BCUT2D eigenvalue weighted by molar-refractivity contribution is -0.138. The number of methoxy groups -OCH3 is 1. The van der Waals surface area contributed by atoms with Gasteiger partial charge < -0.3 is 14.2 Å². The number of carbonyl (C=O) groups is 1. The molecule has 0 saturated heterocycles. The molecule has 7 nitrogen and oxygen atoms in total. The van der Waals surface area contributed by atoms with Crippen LogP contribution in [0.2, 0.25) is 0 Å². The Balaban J connectivity index is 1.77. The molecular weight excluding hydrogens is 684 g/mol. The Bertz CT molecular complexity index is 1860. The maximum absolute atomic E-state index is 14.1. The van der Waals surface area contributed by atoms with Gasteiger partial charge in [0.2, 0.25) is 0 Å². The van der Waals surface area contributed by atoms with Crippen molar-refractivity contribution >= 4 is 60.9 Å². The van der Waals surface area contributed by atoms with E-state index in [-0.39, 0.29) is 17.7 Å². The lowest BCUT2D eigenvalue weighted by Crippen LogP contribution is -2.40. The number of ether oxygens (including phenoxy) is 3. The highest BCUT2D eigenvalue weighted by Crippen LogP contribution is 2.37. The summed E-state index contributed by atoms with van der Waals surface area (Å²) in [7, 11) is 1.58. The maximum atomic E-state index is 14.1. The van der Waals surface area contributed by atoms with Crippen LogP contribution in [-0.2, 0) is 9.53 Å². The molecule has 0 aliphatic carbocycles. The van der Waals surface area contributed by atoms with Crippen LogP contribution in [0.4, 0.5) is 0 Å². The van der Waals surface area contributed by atoms with Gasteiger partial charge in [-0.1, -0.05) is 66.5 Å². The van der Waals surface area contributed by atoms with E-state index in [0.717, 1.165) is 20.1 Å². The summed E-state index contributed by atoms with van der Waals surface area (Å²) in [6.45, 7) is 5.97. The quantitative estimate of drug-likeness (QED) is 0.157. The largest absolute Gasteiger partial charge is 0.497 e. The molecule has 0 unspecified atom stereocenters. The molecule has 1 atom stereocenters. The van der Waals surface area contributed by atoms with Crippen molar-refractivity contribution in [2.24, 2.45) is 4.99 Å². The fraction of sp³-hybridized carbons (Fsp3) is 0.156. The van der Waals surface area contributed by atoms with E-state index < -0.39 is 12.0 Å². The van der Waals surface area contributed by atoms with Gasteiger partial charge >= 0.3 is 5.97 Å². The van der Waals surface area contributed by atoms with E-state index in [2.05, 4.69) is 38.4 Å². The molecule has 0 saturated carbocycles. The zero-order valence-electron chi connectivity index (χ0n) is 22.8. The summed E-state index contributed by atoms with van der Waals surface area (Å²) in [5.41, 5.74) is 2.68. The second-order valence-corrected chi connectivity index (χ2v) is 11.8. The molecule has 10 heteroatoms. The second-order valence-electron chi connectivity index (χ2n) is 9.12. The van der Waals surface area contributed by atoms with E-state index in [9.17, 15) is 9.59 Å². The minimum absolute atomic E-state index is 0.177. The highest BCUT2D eigenvalue weighted by atomic mass is 79.9. The zero-order chi connectivity index (χ0) is 29.8. The first-order valence-corrected chi connectivity index (χ1v) is 15.4. The van der Waals surface area contributed by atoms with Gasteiger partial charge in [-0.2, -0.15) is 0 Å². The summed E-state index contributed by atoms with van der Waals surface area (Å²) in [5, 5.41) is 0. The van der Waals surface area contributed by atoms with Gasteiger partial charge in [-0.25, -0.2) is 9.79 Å². The first-order valence-electron chi connectivity index (χ1n) is 13.0. The van der Waals surface area contributed by atoms with Crippen LogP contribution in [0.15, 0.2) is 104 Å². The van der Waals surface area contributed by atoms with Gasteiger partial charge in [-0.3, -0.25) is 9.36 Å². The molecule has 0 fully saturated rings. The Morgan fingerprint density at radius 3 is 2.50 bits per heavy atom. The molecule has 214 valence electrons. The number of nitrogens with zero attached hydrogens (tertiary/aromatic N) is 2. The SMILES string of the molecule is C=CCOc1c(Br)cc(/C=c2\sc3n(c2=O)[C@@H](c2cccc(OC)c2)C(C(=O)OCC)=C(c2ccccc2)N=3)cc1Br. The molecule has 1 aromatic heterocycles. The summed E-state index contributed by atoms with van der Waals surface area (Å²) < 4.78 is 20.2. The molecule has 0 amide bonds. The van der Waals surface area contributed by atoms with Crippen LogP contribution < -0.4 is 24.4 Å². The summed E-state index contributed by atoms with van der Waals surface area (Å²) in [5.74, 6) is 0.702. The van der Waals surface area contributed by atoms with Crippen molar-refractivity contribution in [3.8, 4) is 11.5 Å². The van der Waals surface area contributed by atoms with Gasteiger partial charge in [0.25, 0.3) is 5.56 Å². The molecule has 0 bridgehead atoms. The third kappa shape index (κ3) is 5.92. The highest BCUT2D eigenvalue weighted by molar-refractivity contribution is 9.11. The van der Waals surface area contributed by atoms with Crippen LogP contribution >= 0.6 is 43.2 Å². The molecule has 3 aromatic carbocycles. The van der Waals surface area contributed by atoms with Crippen LogP contribution in [0.1, 0.15) is 29.7 Å². The van der Waals surface area contributed by atoms with Crippen LogP contribution in [0, 0.1) is 0 Å². The van der Waals surface area contributed by atoms with Crippen molar-refractivity contribution in [2.45, 2.75) is 13.0 Å². The number of aromatic nitrogens is 1. The number of halogens is 2. The fourth-order valence-corrected chi connectivity index (χ4v) is 7.11. The number of thiazole rings is 1. The third-order valence-corrected chi connectivity index (χ3v) is 8.61. The lowest BCUT2D eigenvalue weighted by Gasteiger charge is -2.26. The van der Waals surface area contributed by atoms with Gasteiger partial charge in [-0.05, 0) is 80.3 Å². The molecule has 4 aromatic rings. The van der Waals surface area contributed by atoms with Gasteiger partial charge in [0, 0.05) is 5.56 Å². The molecule has 42 heavy (non-hydrogen) atoms.